The Morgan fingerprint density at radius 2 is 1.57 bits per heavy atom. The summed E-state index contributed by atoms with van der Waals surface area (Å²) in [5, 5.41) is 3.39. The molecule has 0 radical (unpaired) electrons. The Balaban J connectivity index is 2.46. The average molecular weight is 443 g/mol. The number of rotatable bonds is 7. The van der Waals surface area contributed by atoms with Crippen molar-refractivity contribution in [3.63, 3.8) is 0 Å². The predicted molar refractivity (Wildman–Crippen MR) is 115 cm³/mol. The molecule has 2 aromatic carbocycles. The first-order chi connectivity index (χ1) is 13.0. The quantitative estimate of drug-likeness (QED) is 0.677. The van der Waals surface area contributed by atoms with Crippen LogP contribution in [0.15, 0.2) is 47.4 Å². The molecule has 2 rings (SSSR count). The summed E-state index contributed by atoms with van der Waals surface area (Å²) in [5.74, 6) is -0.195. The van der Waals surface area contributed by atoms with Gasteiger partial charge in [0.2, 0.25) is 5.91 Å². The van der Waals surface area contributed by atoms with Crippen molar-refractivity contribution in [2.75, 3.05) is 10.8 Å². The smallest absolute Gasteiger partial charge is 0.264 e. The summed E-state index contributed by atoms with van der Waals surface area (Å²) in [4.78, 5) is 12.6. The van der Waals surface area contributed by atoms with Crippen molar-refractivity contribution in [2.24, 2.45) is 5.92 Å². The molecule has 1 atom stereocenters. The second kappa shape index (κ2) is 9.16. The molecule has 0 bridgehead atoms. The summed E-state index contributed by atoms with van der Waals surface area (Å²) in [5.41, 5.74) is 1.16. The van der Waals surface area contributed by atoms with E-state index < -0.39 is 15.9 Å². The lowest BCUT2D eigenvalue weighted by Gasteiger charge is -2.26. The molecule has 0 saturated carbocycles. The molecule has 5 nitrogen and oxygen atoms in total. The van der Waals surface area contributed by atoms with Gasteiger partial charge in [0.15, 0.2) is 0 Å². The summed E-state index contributed by atoms with van der Waals surface area (Å²) < 4.78 is 27.6. The highest BCUT2D eigenvalue weighted by molar-refractivity contribution is 7.92. The molecule has 0 unspecified atom stereocenters. The first-order valence-corrected chi connectivity index (χ1v) is 11.0. The van der Waals surface area contributed by atoms with E-state index in [1.165, 1.54) is 30.3 Å². The monoisotopic (exact) mass is 442 g/mol. The van der Waals surface area contributed by atoms with Crippen LogP contribution in [-0.2, 0) is 14.8 Å². The van der Waals surface area contributed by atoms with Crippen LogP contribution in [0, 0.1) is 12.8 Å². The Labute approximate surface area is 176 Å². The van der Waals surface area contributed by atoms with Crippen molar-refractivity contribution >= 4 is 44.8 Å². The predicted octanol–water partition coefficient (Wildman–Crippen LogP) is 4.66. The first kappa shape index (κ1) is 22.5. The highest BCUT2D eigenvalue weighted by Gasteiger charge is 2.28. The Hall–Kier alpha value is -1.76. The van der Waals surface area contributed by atoms with E-state index >= 15 is 0 Å². The van der Waals surface area contributed by atoms with Gasteiger partial charge in [-0.3, -0.25) is 9.10 Å². The molecular weight excluding hydrogens is 419 g/mol. The third-order valence-corrected chi connectivity index (χ3v) is 6.64. The van der Waals surface area contributed by atoms with E-state index in [1.807, 2.05) is 27.7 Å². The van der Waals surface area contributed by atoms with Gasteiger partial charge in [0.25, 0.3) is 10.0 Å². The third-order valence-electron chi connectivity index (χ3n) is 4.42. The Kier molecular flexibility index (Phi) is 7.37. The summed E-state index contributed by atoms with van der Waals surface area (Å²) >= 11 is 12.1. The molecule has 0 aliphatic heterocycles. The zero-order valence-electron chi connectivity index (χ0n) is 16.2. The summed E-state index contributed by atoms with van der Waals surface area (Å²) in [7, 11) is -4.00. The van der Waals surface area contributed by atoms with Crippen molar-refractivity contribution < 1.29 is 13.2 Å². The fourth-order valence-corrected chi connectivity index (χ4v) is 4.35. The maximum Gasteiger partial charge on any atom is 0.264 e. The Morgan fingerprint density at radius 1 is 1.04 bits per heavy atom. The number of benzene rings is 2. The molecule has 0 aromatic heterocycles. The zero-order chi connectivity index (χ0) is 21.1. The van der Waals surface area contributed by atoms with Crippen molar-refractivity contribution in [1.82, 2.24) is 5.32 Å². The van der Waals surface area contributed by atoms with Gasteiger partial charge in [0, 0.05) is 16.1 Å². The van der Waals surface area contributed by atoms with Crippen LogP contribution in [0.1, 0.15) is 26.3 Å². The maximum absolute atomic E-state index is 13.3. The van der Waals surface area contributed by atoms with Crippen LogP contribution in [0.4, 0.5) is 5.69 Å². The van der Waals surface area contributed by atoms with Crippen LogP contribution < -0.4 is 9.62 Å². The number of carbonyl (C=O) groups is 1. The van der Waals surface area contributed by atoms with Crippen molar-refractivity contribution in [1.29, 1.82) is 0 Å². The number of anilines is 1. The normalized spacial score (nSPS) is 12.7. The Bertz CT molecular complexity index is 924. The van der Waals surface area contributed by atoms with Gasteiger partial charge in [-0.2, -0.15) is 0 Å². The van der Waals surface area contributed by atoms with Gasteiger partial charge in [0.1, 0.15) is 6.54 Å². The summed E-state index contributed by atoms with van der Waals surface area (Å²) in [6.07, 6.45) is 0. The van der Waals surface area contributed by atoms with E-state index in [0.717, 1.165) is 9.87 Å². The number of nitrogens with one attached hydrogen (secondary N) is 1. The molecule has 8 heteroatoms. The van der Waals surface area contributed by atoms with E-state index in [4.69, 9.17) is 23.2 Å². The van der Waals surface area contributed by atoms with E-state index in [1.54, 1.807) is 12.1 Å². The van der Waals surface area contributed by atoms with E-state index in [9.17, 15) is 13.2 Å². The molecule has 1 amide bonds. The minimum atomic E-state index is -4.00. The molecule has 0 fully saturated rings. The van der Waals surface area contributed by atoms with Crippen LogP contribution in [0.25, 0.3) is 0 Å². The average Bonchev–Trinajstić information content (AvgIpc) is 2.58. The van der Waals surface area contributed by atoms with Gasteiger partial charge in [0.05, 0.1) is 10.6 Å². The van der Waals surface area contributed by atoms with Gasteiger partial charge in [-0.25, -0.2) is 8.42 Å². The standard InChI is InChI=1S/C20H24Cl2N2O3S/c1-13(2)15(4)23-20(25)12-24(18-10-16(21)9-17(22)11-18)28(26,27)19-7-5-14(3)6-8-19/h5-11,13,15H,12H2,1-4H3,(H,23,25)/t15-/m0/s1. The van der Waals surface area contributed by atoms with Crippen molar-refractivity contribution in [2.45, 2.75) is 38.6 Å². The number of sulfonamides is 1. The molecule has 1 N–H and O–H groups in total. The van der Waals surface area contributed by atoms with Gasteiger partial charge in [-0.1, -0.05) is 54.7 Å². The maximum atomic E-state index is 13.3. The first-order valence-electron chi connectivity index (χ1n) is 8.85. The lowest BCUT2D eigenvalue weighted by Crippen LogP contribution is -2.45. The minimum Gasteiger partial charge on any atom is -0.352 e. The number of hydrogen-bond acceptors (Lipinski definition) is 3. The van der Waals surface area contributed by atoms with Gasteiger partial charge < -0.3 is 5.32 Å². The largest absolute Gasteiger partial charge is 0.352 e. The highest BCUT2D eigenvalue weighted by atomic mass is 35.5. The number of hydrogen-bond donors (Lipinski definition) is 1. The fraction of sp³-hybridized carbons (Fsp3) is 0.350. The third kappa shape index (κ3) is 5.63. The van der Waals surface area contributed by atoms with Gasteiger partial charge in [-0.15, -0.1) is 0 Å². The number of aryl methyl sites for hydroxylation is 1. The molecule has 0 aliphatic carbocycles. The molecule has 0 saturated heterocycles. The topological polar surface area (TPSA) is 66.5 Å². The minimum absolute atomic E-state index is 0.0823. The van der Waals surface area contributed by atoms with Crippen molar-refractivity contribution in [3.8, 4) is 0 Å². The van der Waals surface area contributed by atoms with Gasteiger partial charge in [-0.05, 0) is 50.1 Å². The molecule has 152 valence electrons. The number of halogens is 2. The van der Waals surface area contributed by atoms with Gasteiger partial charge >= 0.3 is 0 Å². The van der Waals surface area contributed by atoms with E-state index in [-0.39, 0.29) is 39.1 Å². The molecule has 0 spiro atoms. The van der Waals surface area contributed by atoms with Crippen molar-refractivity contribution in [3.05, 3.63) is 58.1 Å². The lowest BCUT2D eigenvalue weighted by molar-refractivity contribution is -0.120. The van der Waals surface area contributed by atoms with Crippen LogP contribution in [0.5, 0.6) is 0 Å². The van der Waals surface area contributed by atoms with Crippen LogP contribution in [0.2, 0.25) is 10.0 Å². The SMILES string of the molecule is Cc1ccc(S(=O)(=O)N(CC(=O)N[C@@H](C)C(C)C)c2cc(Cl)cc(Cl)c2)cc1. The van der Waals surface area contributed by atoms with E-state index in [2.05, 4.69) is 5.32 Å². The Morgan fingerprint density at radius 3 is 2.07 bits per heavy atom. The molecule has 2 aromatic rings. The van der Waals surface area contributed by atoms with E-state index in [0.29, 0.717) is 0 Å². The molecule has 0 heterocycles. The van der Waals surface area contributed by atoms with Crippen LogP contribution in [-0.4, -0.2) is 26.9 Å². The fourth-order valence-electron chi connectivity index (χ4n) is 2.43. The zero-order valence-corrected chi connectivity index (χ0v) is 18.6. The molecular formula is C20H24Cl2N2O3S. The number of amides is 1. The lowest BCUT2D eigenvalue weighted by atomic mass is 10.1. The second-order valence-corrected chi connectivity index (χ2v) is 9.79. The van der Waals surface area contributed by atoms with Crippen LogP contribution in [0.3, 0.4) is 0 Å². The second-order valence-electron chi connectivity index (χ2n) is 7.05. The number of carbonyl (C=O) groups excluding carboxylic acids is 1. The molecule has 0 aliphatic rings. The van der Waals surface area contributed by atoms with Crippen LogP contribution >= 0.6 is 23.2 Å². The summed E-state index contributed by atoms with van der Waals surface area (Å²) in [6.45, 7) is 7.30. The molecule has 28 heavy (non-hydrogen) atoms. The highest BCUT2D eigenvalue weighted by Crippen LogP contribution is 2.29. The number of nitrogens with zero attached hydrogens (tertiary/aromatic N) is 1. The summed E-state index contributed by atoms with van der Waals surface area (Å²) in [6, 6.07) is 10.8.